The fourth-order valence-electron chi connectivity index (χ4n) is 15.8. The molecule has 13 aromatic carbocycles. The van der Waals surface area contributed by atoms with Gasteiger partial charge in [-0.2, -0.15) is 0 Å². The predicted octanol–water partition coefficient (Wildman–Crippen LogP) is 14.3. The van der Waals surface area contributed by atoms with E-state index < -0.39 is 16.1 Å². The highest BCUT2D eigenvalue weighted by molar-refractivity contribution is 7.20. The molecular weight excluding hydrogens is 1110 g/mol. The lowest BCUT2D eigenvalue weighted by Crippen LogP contribution is -2.75. The van der Waals surface area contributed by atoms with Crippen LogP contribution < -0.4 is 41.5 Å². The topological polar surface area (TPSA) is 30.7 Å². The molecule has 89 heavy (non-hydrogen) atoms. The third kappa shape index (κ3) is 8.16. The molecule has 0 amide bonds. The van der Waals surface area contributed by atoms with E-state index in [1.54, 1.807) is 0 Å². The first-order valence-electron chi connectivity index (χ1n) is 31.0. The van der Waals surface area contributed by atoms with E-state index in [2.05, 4.69) is 350 Å². The minimum absolute atomic E-state index is 0.0327. The Morgan fingerprint density at radius 1 is 0.270 bits per heavy atom. The Kier molecular flexibility index (Phi) is 12.7. The van der Waals surface area contributed by atoms with E-state index in [1.165, 1.54) is 91.2 Å². The van der Waals surface area contributed by atoms with Crippen LogP contribution in [0.3, 0.4) is 0 Å². The molecule has 418 valence electrons. The maximum atomic E-state index is 5.67. The zero-order chi connectivity index (χ0) is 58.9. The number of aromatic nitrogens is 3. The van der Waals surface area contributed by atoms with Crippen LogP contribution in [0, 0.1) is 0 Å². The van der Waals surface area contributed by atoms with Gasteiger partial charge in [-0.25, -0.2) is 9.97 Å². The molecule has 0 radical (unpaired) electrons. The molecule has 18 rings (SSSR count). The second-order valence-electron chi connectivity index (χ2n) is 23.7. The standard InChI is InChI=1S/C84H59N3Si2/c1-8-30-58(31-9-1)84-85-75(57-79(86-84)87-76-52-27-26-46-68(76)69-55-54-65(56-77(69)87)88(59-32-10-2-11-33-59,60-34-12-3-13-35-60)61-36-14-4-15-37-61)67-45-23-22-44-66(67)70-49-28-50-73-80-71-47-24-25-48-72(71)83(81(70)73)82-74(80)51-29-53-78(82)89(62-38-16-5-17-39-62,63-40-18-6-19-41-63)64-42-20-7-21-43-64/h1-57,80,83H. The second-order valence-corrected chi connectivity index (χ2v) is 31.3. The van der Waals surface area contributed by atoms with Gasteiger partial charge in [-0.05, 0) is 98.1 Å². The van der Waals surface area contributed by atoms with Crippen LogP contribution >= 0.6 is 0 Å². The van der Waals surface area contributed by atoms with E-state index in [0.717, 1.165) is 39.2 Å². The summed E-state index contributed by atoms with van der Waals surface area (Å²) in [7, 11) is -5.95. The van der Waals surface area contributed by atoms with Gasteiger partial charge < -0.3 is 0 Å². The Hall–Kier alpha value is -10.8. The third-order valence-corrected chi connectivity index (χ3v) is 28.9. The molecule has 0 saturated heterocycles. The molecule has 2 bridgehead atoms. The number of rotatable bonds is 12. The number of nitrogens with zero attached hydrogens (tertiary/aromatic N) is 3. The van der Waals surface area contributed by atoms with Gasteiger partial charge in [0.15, 0.2) is 22.0 Å². The van der Waals surface area contributed by atoms with Crippen LogP contribution in [0.1, 0.15) is 45.2 Å². The summed E-state index contributed by atoms with van der Waals surface area (Å²) in [5, 5.41) is 13.2. The summed E-state index contributed by atoms with van der Waals surface area (Å²) in [6.45, 7) is 0. The molecule has 2 unspecified atom stereocenters. The lowest BCUT2D eigenvalue weighted by molar-refractivity contribution is 0.760. The van der Waals surface area contributed by atoms with Crippen LogP contribution in [0.5, 0.6) is 0 Å². The van der Waals surface area contributed by atoms with Crippen LogP contribution in [0.4, 0.5) is 0 Å². The van der Waals surface area contributed by atoms with Gasteiger partial charge in [-0.15, -0.1) is 0 Å². The van der Waals surface area contributed by atoms with Gasteiger partial charge >= 0.3 is 0 Å². The maximum Gasteiger partial charge on any atom is 0.179 e. The Bertz CT molecular complexity index is 4940. The maximum absolute atomic E-state index is 5.67. The summed E-state index contributed by atoms with van der Waals surface area (Å²) in [6.07, 6.45) is 0. The molecule has 0 fully saturated rings. The lowest BCUT2D eigenvalue weighted by atomic mass is 9.60. The van der Waals surface area contributed by atoms with Crippen molar-refractivity contribution < 1.29 is 0 Å². The van der Waals surface area contributed by atoms with Crippen molar-refractivity contribution in [2.24, 2.45) is 0 Å². The predicted molar refractivity (Wildman–Crippen MR) is 375 cm³/mol. The molecule has 3 aliphatic rings. The van der Waals surface area contributed by atoms with Gasteiger partial charge in [0.25, 0.3) is 0 Å². The third-order valence-electron chi connectivity index (χ3n) is 19.3. The fourth-order valence-corrected chi connectivity index (χ4v) is 25.6. The summed E-state index contributed by atoms with van der Waals surface area (Å²) in [5.74, 6) is 1.45. The minimum atomic E-state index is -3.01. The van der Waals surface area contributed by atoms with E-state index in [-0.39, 0.29) is 11.8 Å². The van der Waals surface area contributed by atoms with Crippen molar-refractivity contribution in [2.75, 3.05) is 0 Å². The van der Waals surface area contributed by atoms with E-state index in [1.807, 2.05) is 0 Å². The summed E-state index contributed by atoms with van der Waals surface area (Å²) in [5.41, 5.74) is 15.8. The van der Waals surface area contributed by atoms with E-state index in [4.69, 9.17) is 9.97 Å². The van der Waals surface area contributed by atoms with Gasteiger partial charge in [-0.1, -0.05) is 328 Å². The SMILES string of the molecule is c1ccc(-c2nc(-c3ccccc3-c3cccc4c3C3c5ccccc5C4c4cccc([Si](c5ccccc5)(c5ccccc5)c5ccccc5)c43)cc(-n3c4ccccc4c4ccc([Si](c5ccccc5)(c5ccccc5)c5ccccc5)cc43)n2)cc1. The largest absolute Gasteiger partial charge is 0.294 e. The normalized spacial score (nSPS) is 14.1. The molecule has 0 saturated carbocycles. The van der Waals surface area contributed by atoms with Crippen molar-refractivity contribution in [3.05, 3.63) is 379 Å². The van der Waals surface area contributed by atoms with Gasteiger partial charge in [0, 0.05) is 39.8 Å². The Morgan fingerprint density at radius 2 is 0.697 bits per heavy atom. The Morgan fingerprint density at radius 3 is 1.27 bits per heavy atom. The molecule has 0 spiro atoms. The second kappa shape index (κ2) is 21.5. The Labute approximate surface area is 521 Å². The molecule has 3 aliphatic carbocycles. The number of para-hydroxylation sites is 1. The quantitative estimate of drug-likeness (QED) is 0.0902. The highest BCUT2D eigenvalue weighted by Gasteiger charge is 2.50. The van der Waals surface area contributed by atoms with Crippen molar-refractivity contribution in [2.45, 2.75) is 11.8 Å². The van der Waals surface area contributed by atoms with Crippen LogP contribution in [-0.2, 0) is 0 Å². The first kappa shape index (κ1) is 52.5. The van der Waals surface area contributed by atoms with E-state index in [9.17, 15) is 0 Å². The average Bonchev–Trinajstić information content (AvgIpc) is 1.37. The fraction of sp³-hybridized carbons (Fsp3) is 0.0238. The van der Waals surface area contributed by atoms with Gasteiger partial charge in [-0.3, -0.25) is 4.57 Å². The smallest absolute Gasteiger partial charge is 0.179 e. The van der Waals surface area contributed by atoms with Crippen LogP contribution in [0.25, 0.3) is 61.4 Å². The van der Waals surface area contributed by atoms with Crippen molar-refractivity contribution in [3.63, 3.8) is 0 Å². The lowest BCUT2D eigenvalue weighted by Gasteiger charge is -2.47. The molecule has 5 heteroatoms. The zero-order valence-corrected chi connectivity index (χ0v) is 50.9. The minimum Gasteiger partial charge on any atom is -0.294 e. The van der Waals surface area contributed by atoms with Crippen molar-refractivity contribution in [1.29, 1.82) is 0 Å². The van der Waals surface area contributed by atoms with Crippen molar-refractivity contribution in [1.82, 2.24) is 14.5 Å². The molecule has 0 N–H and O–H groups in total. The first-order valence-corrected chi connectivity index (χ1v) is 35.0. The van der Waals surface area contributed by atoms with E-state index in [0.29, 0.717) is 5.82 Å². The summed E-state index contributed by atoms with van der Waals surface area (Å²) < 4.78 is 2.41. The van der Waals surface area contributed by atoms with Crippen molar-refractivity contribution in [3.8, 4) is 39.6 Å². The molecule has 0 aliphatic heterocycles. The van der Waals surface area contributed by atoms with E-state index >= 15 is 0 Å². The van der Waals surface area contributed by atoms with Gasteiger partial charge in [0.1, 0.15) is 5.82 Å². The summed E-state index contributed by atoms with van der Waals surface area (Å²) in [6, 6.07) is 129. The number of benzene rings is 13. The molecule has 15 aromatic rings. The number of fused-ring (bicyclic) bond motifs is 3. The van der Waals surface area contributed by atoms with Gasteiger partial charge in [0.05, 0.1) is 16.7 Å². The van der Waals surface area contributed by atoms with Crippen LogP contribution in [0.15, 0.2) is 346 Å². The van der Waals surface area contributed by atoms with Gasteiger partial charge in [0.2, 0.25) is 0 Å². The molecule has 2 aromatic heterocycles. The molecular formula is C84H59N3Si2. The molecule has 2 heterocycles. The zero-order valence-electron chi connectivity index (χ0n) is 48.9. The highest BCUT2D eigenvalue weighted by Crippen LogP contribution is 2.58. The van der Waals surface area contributed by atoms with Crippen LogP contribution in [0.2, 0.25) is 0 Å². The van der Waals surface area contributed by atoms with Crippen molar-refractivity contribution >= 4 is 79.4 Å². The molecule has 2 atom stereocenters. The number of hydrogen-bond donors (Lipinski definition) is 0. The summed E-state index contributed by atoms with van der Waals surface area (Å²) >= 11 is 0. The highest BCUT2D eigenvalue weighted by atomic mass is 28.3. The molecule has 3 nitrogen and oxygen atoms in total. The summed E-state index contributed by atoms with van der Waals surface area (Å²) in [4.78, 5) is 11.3. The van der Waals surface area contributed by atoms with Crippen LogP contribution in [-0.4, -0.2) is 30.7 Å². The Balaban J connectivity index is 0.905. The monoisotopic (exact) mass is 1170 g/mol. The first-order chi connectivity index (χ1) is 44.2. The number of hydrogen-bond acceptors (Lipinski definition) is 2. The average molecular weight is 1170 g/mol.